The number of nitrogens with two attached hydrogens (primary N) is 1. The number of nitrogens with zero attached hydrogens (tertiary/aromatic N) is 4. The summed E-state index contributed by atoms with van der Waals surface area (Å²) in [7, 11) is 0. The van der Waals surface area contributed by atoms with Crippen LogP contribution in [0.3, 0.4) is 0 Å². The molecule has 3 heterocycles. The Bertz CT molecular complexity index is 926. The lowest BCUT2D eigenvalue weighted by Gasteiger charge is -1.99. The van der Waals surface area contributed by atoms with Crippen LogP contribution in [-0.4, -0.2) is 19.6 Å². The number of fused-ring (bicyclic) bond motifs is 2. The molecule has 4 rings (SSSR count). The van der Waals surface area contributed by atoms with E-state index in [-0.39, 0.29) is 0 Å². The number of aromatic nitrogens is 4. The number of rotatable bonds is 1. The molecule has 0 saturated heterocycles. The molecule has 96 valence electrons. The van der Waals surface area contributed by atoms with Crippen molar-refractivity contribution in [1.29, 1.82) is 0 Å². The van der Waals surface area contributed by atoms with Crippen molar-refractivity contribution in [2.24, 2.45) is 0 Å². The summed E-state index contributed by atoms with van der Waals surface area (Å²) in [5.41, 5.74) is 9.35. The molecular weight excluding hydrogens is 250 g/mol. The summed E-state index contributed by atoms with van der Waals surface area (Å²) in [4.78, 5) is 8.70. The highest BCUT2D eigenvalue weighted by atomic mass is 15.3. The van der Waals surface area contributed by atoms with Crippen molar-refractivity contribution in [3.8, 4) is 11.3 Å². The Hall–Kier alpha value is -2.95. The number of anilines is 1. The fourth-order valence-electron chi connectivity index (χ4n) is 2.27. The second-order valence-corrected chi connectivity index (χ2v) is 4.59. The molecule has 0 unspecified atom stereocenters. The van der Waals surface area contributed by atoms with Crippen molar-refractivity contribution in [3.05, 3.63) is 54.9 Å². The van der Waals surface area contributed by atoms with Crippen LogP contribution in [0.2, 0.25) is 0 Å². The molecule has 0 aliphatic rings. The molecule has 0 radical (unpaired) electrons. The maximum Gasteiger partial charge on any atom is 0.157 e. The van der Waals surface area contributed by atoms with E-state index in [1.54, 1.807) is 16.8 Å². The van der Waals surface area contributed by atoms with E-state index in [0.717, 1.165) is 27.8 Å². The van der Waals surface area contributed by atoms with E-state index in [9.17, 15) is 0 Å². The highest BCUT2D eigenvalue weighted by Gasteiger charge is 2.08. The smallest absolute Gasteiger partial charge is 0.157 e. The first-order valence-corrected chi connectivity index (χ1v) is 6.27. The summed E-state index contributed by atoms with van der Waals surface area (Å²) >= 11 is 0. The predicted molar refractivity (Wildman–Crippen MR) is 78.1 cm³/mol. The molecular formula is C15H11N5. The molecule has 5 heteroatoms. The third-order valence-electron chi connectivity index (χ3n) is 3.27. The van der Waals surface area contributed by atoms with Crippen molar-refractivity contribution in [3.63, 3.8) is 0 Å². The number of pyridine rings is 1. The molecule has 0 atom stereocenters. The van der Waals surface area contributed by atoms with Gasteiger partial charge in [-0.1, -0.05) is 18.2 Å². The van der Waals surface area contributed by atoms with Crippen molar-refractivity contribution < 1.29 is 0 Å². The average molecular weight is 261 g/mol. The van der Waals surface area contributed by atoms with Gasteiger partial charge >= 0.3 is 0 Å². The minimum absolute atomic E-state index is 0.565. The standard InChI is InChI=1S/C15H11N5/c16-14-5-6-17-15-8-13(19-20(14)15)11-7-10-3-1-2-4-12(10)18-9-11/h1-9H,16H2. The minimum Gasteiger partial charge on any atom is -0.384 e. The van der Waals surface area contributed by atoms with Gasteiger partial charge in [0.05, 0.1) is 11.2 Å². The molecule has 2 N–H and O–H groups in total. The fourth-order valence-corrected chi connectivity index (χ4v) is 2.27. The third kappa shape index (κ3) is 1.60. The second kappa shape index (κ2) is 4.03. The van der Waals surface area contributed by atoms with E-state index in [0.29, 0.717) is 5.82 Å². The van der Waals surface area contributed by atoms with Gasteiger partial charge in [0.25, 0.3) is 0 Å². The van der Waals surface area contributed by atoms with Gasteiger partial charge in [0.15, 0.2) is 5.65 Å². The van der Waals surface area contributed by atoms with E-state index >= 15 is 0 Å². The lowest BCUT2D eigenvalue weighted by Crippen LogP contribution is -1.98. The molecule has 4 aromatic rings. The van der Waals surface area contributed by atoms with Crippen LogP contribution in [-0.2, 0) is 0 Å². The minimum atomic E-state index is 0.565. The molecule has 1 aromatic carbocycles. The molecule has 3 aromatic heterocycles. The molecule has 0 aliphatic heterocycles. The monoisotopic (exact) mass is 261 g/mol. The van der Waals surface area contributed by atoms with Crippen LogP contribution in [0.5, 0.6) is 0 Å². The number of para-hydroxylation sites is 1. The van der Waals surface area contributed by atoms with Gasteiger partial charge in [-0.15, -0.1) is 0 Å². The molecule has 0 amide bonds. The quantitative estimate of drug-likeness (QED) is 0.571. The van der Waals surface area contributed by atoms with E-state index in [1.165, 1.54) is 0 Å². The van der Waals surface area contributed by atoms with Crippen molar-refractivity contribution in [2.75, 3.05) is 5.73 Å². The number of benzene rings is 1. The van der Waals surface area contributed by atoms with E-state index in [2.05, 4.69) is 21.1 Å². The first kappa shape index (κ1) is 10.9. The van der Waals surface area contributed by atoms with Crippen LogP contribution < -0.4 is 5.73 Å². The van der Waals surface area contributed by atoms with Gasteiger partial charge in [-0.25, -0.2) is 4.98 Å². The van der Waals surface area contributed by atoms with E-state index in [4.69, 9.17) is 5.73 Å². The average Bonchev–Trinajstić information content (AvgIpc) is 2.92. The molecule has 0 fully saturated rings. The third-order valence-corrected chi connectivity index (χ3v) is 3.27. The van der Waals surface area contributed by atoms with Gasteiger partial charge in [-0.2, -0.15) is 9.61 Å². The predicted octanol–water partition coefficient (Wildman–Crippen LogP) is 2.53. The molecule has 0 spiro atoms. The normalized spacial score (nSPS) is 11.2. The van der Waals surface area contributed by atoms with Crippen molar-refractivity contribution in [2.45, 2.75) is 0 Å². The topological polar surface area (TPSA) is 69.1 Å². The SMILES string of the molecule is Nc1ccnc2cc(-c3cnc4ccccc4c3)nn12. The van der Waals surface area contributed by atoms with E-state index < -0.39 is 0 Å². The van der Waals surface area contributed by atoms with Gasteiger partial charge in [-0.05, 0) is 18.2 Å². The summed E-state index contributed by atoms with van der Waals surface area (Å²) in [6.45, 7) is 0. The Labute approximate surface area is 114 Å². The zero-order valence-corrected chi connectivity index (χ0v) is 10.6. The molecule has 0 saturated carbocycles. The molecule has 20 heavy (non-hydrogen) atoms. The lowest BCUT2D eigenvalue weighted by molar-refractivity contribution is 0.956. The van der Waals surface area contributed by atoms with Gasteiger partial charge in [0, 0.05) is 29.4 Å². The Morgan fingerprint density at radius 3 is 2.80 bits per heavy atom. The van der Waals surface area contributed by atoms with Crippen LogP contribution >= 0.6 is 0 Å². The van der Waals surface area contributed by atoms with Crippen LogP contribution in [0.25, 0.3) is 27.8 Å². The zero-order chi connectivity index (χ0) is 13.5. The molecule has 5 nitrogen and oxygen atoms in total. The molecule has 0 bridgehead atoms. The zero-order valence-electron chi connectivity index (χ0n) is 10.6. The van der Waals surface area contributed by atoms with Gasteiger partial charge < -0.3 is 5.73 Å². The first-order chi connectivity index (χ1) is 9.81. The fraction of sp³-hybridized carbons (Fsp3) is 0. The highest BCUT2D eigenvalue weighted by molar-refractivity contribution is 5.83. The second-order valence-electron chi connectivity index (χ2n) is 4.59. The maximum atomic E-state index is 5.88. The van der Waals surface area contributed by atoms with E-state index in [1.807, 2.05) is 36.5 Å². The Balaban J connectivity index is 1.94. The summed E-state index contributed by atoms with van der Waals surface area (Å²) in [5, 5.41) is 5.56. The number of hydrogen-bond acceptors (Lipinski definition) is 4. The summed E-state index contributed by atoms with van der Waals surface area (Å²) in [5.74, 6) is 0.565. The van der Waals surface area contributed by atoms with Crippen LogP contribution in [0.15, 0.2) is 54.9 Å². The summed E-state index contributed by atoms with van der Waals surface area (Å²) in [6.07, 6.45) is 3.50. The Morgan fingerprint density at radius 1 is 1.00 bits per heavy atom. The van der Waals surface area contributed by atoms with Gasteiger partial charge in [-0.3, -0.25) is 4.98 Å². The van der Waals surface area contributed by atoms with Gasteiger partial charge in [0.2, 0.25) is 0 Å². The van der Waals surface area contributed by atoms with Crippen LogP contribution in [0, 0.1) is 0 Å². The summed E-state index contributed by atoms with van der Waals surface area (Å²) in [6, 6.07) is 13.7. The van der Waals surface area contributed by atoms with Gasteiger partial charge in [0.1, 0.15) is 5.82 Å². The Kier molecular flexibility index (Phi) is 2.20. The molecule has 0 aliphatic carbocycles. The highest BCUT2D eigenvalue weighted by Crippen LogP contribution is 2.23. The largest absolute Gasteiger partial charge is 0.384 e. The van der Waals surface area contributed by atoms with Crippen LogP contribution in [0.4, 0.5) is 5.82 Å². The van der Waals surface area contributed by atoms with Crippen molar-refractivity contribution >= 4 is 22.4 Å². The lowest BCUT2D eigenvalue weighted by atomic mass is 10.1. The number of nitrogen functional groups attached to an aromatic ring is 1. The Morgan fingerprint density at radius 2 is 1.90 bits per heavy atom. The number of hydrogen-bond donors (Lipinski definition) is 1. The van der Waals surface area contributed by atoms with Crippen LogP contribution in [0.1, 0.15) is 0 Å². The van der Waals surface area contributed by atoms with Crippen molar-refractivity contribution in [1.82, 2.24) is 19.6 Å². The summed E-state index contributed by atoms with van der Waals surface area (Å²) < 4.78 is 1.63. The first-order valence-electron chi connectivity index (χ1n) is 6.27. The maximum absolute atomic E-state index is 5.88.